The molecule has 1 aromatic carbocycles. The molecule has 4 aromatic rings. The van der Waals surface area contributed by atoms with Crippen molar-refractivity contribution < 1.29 is 29.1 Å². The van der Waals surface area contributed by atoms with Crippen LogP contribution >= 0.6 is 22.9 Å². The first kappa shape index (κ1) is 31.2. The maximum Gasteiger partial charge on any atom is 0.372 e. The molecule has 4 N–H and O–H groups in total. The van der Waals surface area contributed by atoms with Gasteiger partial charge in [0.2, 0.25) is 11.7 Å². The minimum absolute atomic E-state index is 0.0418. The standard InChI is InChI=1S/C31H35ClN6O6S/c1-16(2)37-12-7-17(13-22(37)28(33)40)20-3-4-21-27(26(20)30(41)36-10-8-19(39)9-11-36)34-29(31(42)43)38(21)15-18-14-23(44-35-18)24-5-6-25(32)45-24/h3-6,14,16-17,19,22,39H,7-13,15H2,1-2H3,(H2,33,40)(H,42,43). The van der Waals surface area contributed by atoms with Gasteiger partial charge in [-0.3, -0.25) is 14.5 Å². The number of likely N-dealkylation sites (tertiary alicyclic amines) is 2. The molecule has 2 amide bonds. The van der Waals surface area contributed by atoms with E-state index >= 15 is 0 Å². The van der Waals surface area contributed by atoms with Crippen LogP contribution in [0.25, 0.3) is 21.7 Å². The van der Waals surface area contributed by atoms with Crippen LogP contribution in [0.2, 0.25) is 4.34 Å². The van der Waals surface area contributed by atoms with E-state index in [0.29, 0.717) is 77.8 Å². The zero-order valence-electron chi connectivity index (χ0n) is 25.0. The number of aliphatic hydroxyl groups is 1. The molecule has 45 heavy (non-hydrogen) atoms. The fraction of sp³-hybridized carbons (Fsp3) is 0.452. The number of nitrogens with zero attached hydrogens (tertiary/aromatic N) is 5. The third-order valence-electron chi connectivity index (χ3n) is 8.88. The highest BCUT2D eigenvalue weighted by atomic mass is 35.5. The van der Waals surface area contributed by atoms with Crippen LogP contribution in [0, 0.1) is 0 Å². The van der Waals surface area contributed by atoms with E-state index in [1.54, 1.807) is 23.1 Å². The molecule has 2 unspecified atom stereocenters. The maximum absolute atomic E-state index is 14.3. The topological polar surface area (TPSA) is 168 Å². The highest BCUT2D eigenvalue weighted by Gasteiger charge is 2.37. The van der Waals surface area contributed by atoms with Gasteiger partial charge in [0.15, 0.2) is 5.76 Å². The molecular formula is C31H35ClN6O6S. The van der Waals surface area contributed by atoms with E-state index in [2.05, 4.69) is 15.0 Å². The van der Waals surface area contributed by atoms with E-state index in [9.17, 15) is 24.6 Å². The molecule has 0 radical (unpaired) electrons. The van der Waals surface area contributed by atoms with Gasteiger partial charge in [0.1, 0.15) is 11.2 Å². The van der Waals surface area contributed by atoms with Crippen LogP contribution in [0.15, 0.2) is 34.9 Å². The Bertz CT molecular complexity index is 1760. The summed E-state index contributed by atoms with van der Waals surface area (Å²) in [6, 6.07) is 8.57. The Kier molecular flexibility index (Phi) is 8.70. The predicted molar refractivity (Wildman–Crippen MR) is 169 cm³/mol. The number of carboxylic acids is 1. The number of benzene rings is 1. The lowest BCUT2D eigenvalue weighted by atomic mass is 9.81. The number of nitrogens with two attached hydrogens (primary N) is 1. The molecule has 0 bridgehead atoms. The van der Waals surface area contributed by atoms with Crippen LogP contribution < -0.4 is 5.73 Å². The lowest BCUT2D eigenvalue weighted by Crippen LogP contribution is -2.52. The summed E-state index contributed by atoms with van der Waals surface area (Å²) in [7, 11) is 0. The van der Waals surface area contributed by atoms with Gasteiger partial charge in [-0.15, -0.1) is 11.3 Å². The van der Waals surface area contributed by atoms with Crippen molar-refractivity contribution in [1.29, 1.82) is 0 Å². The first-order chi connectivity index (χ1) is 21.5. The minimum atomic E-state index is -1.25. The molecule has 0 spiro atoms. The van der Waals surface area contributed by atoms with Crippen molar-refractivity contribution in [2.75, 3.05) is 19.6 Å². The zero-order chi connectivity index (χ0) is 32.0. The number of hydrogen-bond acceptors (Lipinski definition) is 9. The van der Waals surface area contributed by atoms with E-state index in [1.807, 2.05) is 26.0 Å². The maximum atomic E-state index is 14.3. The average Bonchev–Trinajstić information content (AvgIpc) is 3.75. The van der Waals surface area contributed by atoms with Crippen molar-refractivity contribution in [3.63, 3.8) is 0 Å². The fourth-order valence-electron chi connectivity index (χ4n) is 6.60. The number of carbonyl (C=O) groups is 3. The molecule has 12 nitrogen and oxygen atoms in total. The second kappa shape index (κ2) is 12.5. The van der Waals surface area contributed by atoms with Gasteiger partial charge in [0, 0.05) is 25.2 Å². The lowest BCUT2D eigenvalue weighted by molar-refractivity contribution is -0.125. The Balaban J connectivity index is 1.44. The molecule has 238 valence electrons. The molecule has 2 aliphatic heterocycles. The van der Waals surface area contributed by atoms with Crippen molar-refractivity contribution in [1.82, 2.24) is 24.5 Å². The second-order valence-corrected chi connectivity index (χ2v) is 13.7. The monoisotopic (exact) mass is 654 g/mol. The number of thiophene rings is 1. The van der Waals surface area contributed by atoms with Crippen molar-refractivity contribution in [3.8, 4) is 10.6 Å². The third kappa shape index (κ3) is 6.09. The van der Waals surface area contributed by atoms with Crippen molar-refractivity contribution in [3.05, 3.63) is 57.3 Å². The summed E-state index contributed by atoms with van der Waals surface area (Å²) in [6.45, 7) is 5.44. The number of aromatic carboxylic acids is 1. The SMILES string of the molecule is CC(C)N1CCC(c2ccc3c(nc(C(=O)O)n3Cc3cc(-c4ccc(Cl)s4)on3)c2C(=O)N2CCC(O)CC2)CC1C(N)=O. The number of rotatable bonds is 8. The summed E-state index contributed by atoms with van der Waals surface area (Å²) < 4.78 is 7.65. The lowest BCUT2D eigenvalue weighted by Gasteiger charge is -2.41. The molecule has 2 atom stereocenters. The molecule has 0 saturated carbocycles. The largest absolute Gasteiger partial charge is 0.475 e. The Morgan fingerprint density at radius 3 is 2.53 bits per heavy atom. The zero-order valence-corrected chi connectivity index (χ0v) is 26.6. The number of aromatic nitrogens is 3. The van der Waals surface area contributed by atoms with E-state index in [-0.39, 0.29) is 35.8 Å². The Morgan fingerprint density at radius 2 is 1.89 bits per heavy atom. The molecule has 5 heterocycles. The average molecular weight is 655 g/mol. The van der Waals surface area contributed by atoms with E-state index < -0.39 is 24.0 Å². The highest BCUT2D eigenvalue weighted by Crippen LogP contribution is 2.38. The number of fused-ring (bicyclic) bond motifs is 1. The molecule has 2 fully saturated rings. The number of primary amides is 1. The van der Waals surface area contributed by atoms with E-state index in [1.165, 1.54) is 15.9 Å². The van der Waals surface area contributed by atoms with Gasteiger partial charge in [-0.2, -0.15) is 0 Å². The van der Waals surface area contributed by atoms with E-state index in [4.69, 9.17) is 21.9 Å². The van der Waals surface area contributed by atoms with Crippen LogP contribution in [-0.2, 0) is 11.3 Å². The quantitative estimate of drug-likeness (QED) is 0.252. The third-order valence-corrected chi connectivity index (χ3v) is 10.1. The van der Waals surface area contributed by atoms with Crippen molar-refractivity contribution in [2.45, 2.75) is 70.2 Å². The van der Waals surface area contributed by atoms with Gasteiger partial charge in [0.25, 0.3) is 5.91 Å². The van der Waals surface area contributed by atoms with Gasteiger partial charge in [-0.1, -0.05) is 22.8 Å². The Labute approximate surface area is 268 Å². The highest BCUT2D eigenvalue weighted by molar-refractivity contribution is 7.19. The number of piperidine rings is 2. The van der Waals surface area contributed by atoms with Crippen molar-refractivity contribution >= 4 is 51.8 Å². The molecule has 2 saturated heterocycles. The van der Waals surface area contributed by atoms with Gasteiger partial charge in [0.05, 0.1) is 39.0 Å². The fourth-order valence-corrected chi connectivity index (χ4v) is 7.59. The summed E-state index contributed by atoms with van der Waals surface area (Å²) in [5.74, 6) is -1.85. The number of aliphatic hydroxyl groups excluding tert-OH is 1. The molecule has 3 aromatic heterocycles. The van der Waals surface area contributed by atoms with Crippen LogP contribution in [0.5, 0.6) is 0 Å². The summed E-state index contributed by atoms with van der Waals surface area (Å²) in [4.78, 5) is 48.4. The molecule has 14 heteroatoms. The van der Waals surface area contributed by atoms with Crippen LogP contribution in [0.4, 0.5) is 0 Å². The number of carboxylic acid groups (broad SMARTS) is 1. The number of halogens is 1. The number of imidazole rings is 1. The number of hydrogen-bond donors (Lipinski definition) is 3. The van der Waals surface area contributed by atoms with Gasteiger partial charge >= 0.3 is 5.97 Å². The molecule has 6 rings (SSSR count). The predicted octanol–water partition coefficient (Wildman–Crippen LogP) is 4.19. The van der Waals surface area contributed by atoms with Crippen LogP contribution in [0.3, 0.4) is 0 Å². The van der Waals surface area contributed by atoms with Crippen LogP contribution in [0.1, 0.15) is 77.7 Å². The first-order valence-electron chi connectivity index (χ1n) is 15.0. The van der Waals surface area contributed by atoms with Gasteiger partial charge in [-0.05, 0) is 75.8 Å². The number of carbonyl (C=O) groups excluding carboxylic acids is 2. The minimum Gasteiger partial charge on any atom is -0.475 e. The van der Waals surface area contributed by atoms with Crippen molar-refractivity contribution in [2.24, 2.45) is 5.73 Å². The number of amides is 2. The summed E-state index contributed by atoms with van der Waals surface area (Å²) in [5, 5.41) is 24.5. The summed E-state index contributed by atoms with van der Waals surface area (Å²) in [5.41, 5.74) is 8.10. The van der Waals surface area contributed by atoms with Crippen LogP contribution in [-0.4, -0.2) is 90.3 Å². The smallest absolute Gasteiger partial charge is 0.372 e. The second-order valence-electron chi connectivity index (χ2n) is 12.0. The van der Waals surface area contributed by atoms with E-state index in [0.717, 1.165) is 4.88 Å². The Hall–Kier alpha value is -3.78. The summed E-state index contributed by atoms with van der Waals surface area (Å²) >= 11 is 7.42. The van der Waals surface area contributed by atoms with Gasteiger partial charge < -0.3 is 29.9 Å². The molecule has 0 aliphatic carbocycles. The molecular weight excluding hydrogens is 620 g/mol. The first-order valence-corrected chi connectivity index (χ1v) is 16.2. The summed E-state index contributed by atoms with van der Waals surface area (Å²) in [6.07, 6.45) is 1.54. The van der Waals surface area contributed by atoms with Gasteiger partial charge in [-0.25, -0.2) is 9.78 Å². The Morgan fingerprint density at radius 1 is 1.13 bits per heavy atom. The normalized spacial score (nSPS) is 19.9. The molecule has 2 aliphatic rings.